The molecule has 0 radical (unpaired) electrons. The summed E-state index contributed by atoms with van der Waals surface area (Å²) in [6.45, 7) is 0.169. The van der Waals surface area contributed by atoms with Crippen LogP contribution < -0.4 is 11.1 Å². The molecule has 9 heteroatoms. The highest BCUT2D eigenvalue weighted by Crippen LogP contribution is 2.23. The molecule has 1 rings (SSSR count). The van der Waals surface area contributed by atoms with E-state index in [4.69, 9.17) is 5.73 Å². The fourth-order valence-electron chi connectivity index (χ4n) is 1.32. The normalized spacial score (nSPS) is 11.5. The van der Waals surface area contributed by atoms with Crippen LogP contribution in [-0.2, 0) is 10.0 Å². The topological polar surface area (TPSA) is 119 Å². The first-order valence-electron chi connectivity index (χ1n) is 5.42. The van der Waals surface area contributed by atoms with Crippen LogP contribution in [0.4, 0.5) is 17.1 Å². The summed E-state index contributed by atoms with van der Waals surface area (Å²) in [4.78, 5) is 9.98. The Morgan fingerprint density at radius 2 is 2.05 bits per heavy atom. The number of anilines is 2. The second-order valence-electron chi connectivity index (χ2n) is 4.05. The Bertz CT molecular complexity index is 571. The van der Waals surface area contributed by atoms with E-state index in [1.165, 1.54) is 32.3 Å². The summed E-state index contributed by atoms with van der Waals surface area (Å²) in [6.07, 6.45) is 0. The standard InChI is InChI=1S/C10H16N4O4S/c1-13(2)19(17,18)6-5-12-10-4-3-8(14(15)16)7-9(10)11/h3-4,7,12H,5-6,11H2,1-2H3. The fourth-order valence-corrected chi connectivity index (χ4v) is 2.05. The van der Waals surface area contributed by atoms with E-state index in [1.54, 1.807) is 0 Å². The molecule has 0 heterocycles. The van der Waals surface area contributed by atoms with Gasteiger partial charge in [-0.05, 0) is 6.07 Å². The molecule has 1 aromatic rings. The zero-order valence-electron chi connectivity index (χ0n) is 10.7. The molecular formula is C10H16N4O4S. The monoisotopic (exact) mass is 288 g/mol. The molecule has 0 bridgehead atoms. The van der Waals surface area contributed by atoms with E-state index in [1.807, 2.05) is 0 Å². The highest BCUT2D eigenvalue weighted by molar-refractivity contribution is 7.89. The average molecular weight is 288 g/mol. The van der Waals surface area contributed by atoms with E-state index in [0.717, 1.165) is 4.31 Å². The van der Waals surface area contributed by atoms with Crippen LogP contribution in [0.1, 0.15) is 0 Å². The lowest BCUT2D eigenvalue weighted by Crippen LogP contribution is -2.28. The van der Waals surface area contributed by atoms with Crippen molar-refractivity contribution in [2.75, 3.05) is 37.4 Å². The predicted octanol–water partition coefficient (Wildman–Crippen LogP) is 0.480. The van der Waals surface area contributed by atoms with Gasteiger partial charge in [0.1, 0.15) is 0 Å². The van der Waals surface area contributed by atoms with Gasteiger partial charge in [0.15, 0.2) is 0 Å². The predicted molar refractivity (Wildman–Crippen MR) is 73.5 cm³/mol. The maximum Gasteiger partial charge on any atom is 0.271 e. The Labute approximate surface area is 111 Å². The lowest BCUT2D eigenvalue weighted by Gasteiger charge is -2.13. The van der Waals surface area contributed by atoms with E-state index in [9.17, 15) is 18.5 Å². The molecule has 0 spiro atoms. The van der Waals surface area contributed by atoms with E-state index in [0.29, 0.717) is 5.69 Å². The van der Waals surface area contributed by atoms with E-state index < -0.39 is 14.9 Å². The van der Waals surface area contributed by atoms with E-state index in [-0.39, 0.29) is 23.7 Å². The number of nitrogen functional groups attached to an aromatic ring is 1. The number of nitrogens with two attached hydrogens (primary N) is 1. The Morgan fingerprint density at radius 3 is 2.53 bits per heavy atom. The third kappa shape index (κ3) is 4.07. The number of benzene rings is 1. The molecule has 1 aromatic carbocycles. The van der Waals surface area contributed by atoms with Crippen molar-refractivity contribution in [3.05, 3.63) is 28.3 Å². The van der Waals surface area contributed by atoms with Crippen LogP contribution in [0.2, 0.25) is 0 Å². The zero-order valence-corrected chi connectivity index (χ0v) is 11.5. The molecule has 0 aliphatic heterocycles. The number of sulfonamides is 1. The van der Waals surface area contributed by atoms with Crippen molar-refractivity contribution in [1.29, 1.82) is 0 Å². The van der Waals surface area contributed by atoms with Gasteiger partial charge in [-0.1, -0.05) is 0 Å². The first-order chi connectivity index (χ1) is 8.74. The molecule has 0 aliphatic carbocycles. The van der Waals surface area contributed by atoms with Gasteiger partial charge in [0, 0.05) is 32.8 Å². The minimum Gasteiger partial charge on any atom is -0.397 e. The maximum atomic E-state index is 11.5. The lowest BCUT2D eigenvalue weighted by atomic mass is 10.2. The summed E-state index contributed by atoms with van der Waals surface area (Å²) in [5, 5.41) is 13.4. The summed E-state index contributed by atoms with van der Waals surface area (Å²) >= 11 is 0. The van der Waals surface area contributed by atoms with Crippen molar-refractivity contribution in [3.63, 3.8) is 0 Å². The summed E-state index contributed by atoms with van der Waals surface area (Å²) in [5.74, 6) is -0.0869. The van der Waals surface area contributed by atoms with Crippen molar-refractivity contribution in [1.82, 2.24) is 4.31 Å². The van der Waals surface area contributed by atoms with Crippen molar-refractivity contribution in [2.24, 2.45) is 0 Å². The molecule has 0 unspecified atom stereocenters. The van der Waals surface area contributed by atoms with Gasteiger partial charge in [0.25, 0.3) is 5.69 Å². The SMILES string of the molecule is CN(C)S(=O)(=O)CCNc1ccc([N+](=O)[O-])cc1N. The van der Waals surface area contributed by atoms with Gasteiger partial charge in [-0.2, -0.15) is 0 Å². The Hall–Kier alpha value is -1.87. The molecular weight excluding hydrogens is 272 g/mol. The molecule has 3 N–H and O–H groups in total. The Balaban J connectivity index is 2.67. The van der Waals surface area contributed by atoms with Crippen LogP contribution in [-0.4, -0.2) is 44.0 Å². The first kappa shape index (κ1) is 15.2. The minimum absolute atomic E-state index is 0.0869. The highest BCUT2D eigenvalue weighted by atomic mass is 32.2. The molecule has 0 amide bonds. The van der Waals surface area contributed by atoms with E-state index in [2.05, 4.69) is 5.32 Å². The summed E-state index contributed by atoms with van der Waals surface area (Å²) in [5.41, 5.74) is 6.21. The zero-order chi connectivity index (χ0) is 14.6. The van der Waals surface area contributed by atoms with E-state index >= 15 is 0 Å². The van der Waals surface area contributed by atoms with Gasteiger partial charge in [-0.25, -0.2) is 12.7 Å². The largest absolute Gasteiger partial charge is 0.397 e. The molecule has 8 nitrogen and oxygen atoms in total. The quantitative estimate of drug-likeness (QED) is 0.446. The van der Waals surface area contributed by atoms with Crippen LogP contribution in [0.15, 0.2) is 18.2 Å². The lowest BCUT2D eigenvalue weighted by molar-refractivity contribution is -0.384. The van der Waals surface area contributed by atoms with Crippen LogP contribution in [0.5, 0.6) is 0 Å². The molecule has 19 heavy (non-hydrogen) atoms. The van der Waals surface area contributed by atoms with Gasteiger partial charge in [-0.3, -0.25) is 10.1 Å². The van der Waals surface area contributed by atoms with Crippen molar-refractivity contribution in [2.45, 2.75) is 0 Å². The number of nitro groups is 1. The van der Waals surface area contributed by atoms with Crippen molar-refractivity contribution >= 4 is 27.1 Å². The first-order valence-corrected chi connectivity index (χ1v) is 7.03. The van der Waals surface area contributed by atoms with Crippen LogP contribution >= 0.6 is 0 Å². The van der Waals surface area contributed by atoms with Crippen LogP contribution in [0.25, 0.3) is 0 Å². The van der Waals surface area contributed by atoms with Gasteiger partial charge >= 0.3 is 0 Å². The molecule has 0 aromatic heterocycles. The van der Waals surface area contributed by atoms with Gasteiger partial charge < -0.3 is 11.1 Å². The number of nitro benzene ring substituents is 1. The number of nitrogens with one attached hydrogen (secondary N) is 1. The Kier molecular flexibility index (Phi) is 4.67. The maximum absolute atomic E-state index is 11.5. The molecule has 0 aliphatic rings. The fraction of sp³-hybridized carbons (Fsp3) is 0.400. The third-order valence-corrected chi connectivity index (χ3v) is 4.31. The molecule has 0 saturated heterocycles. The number of nitrogens with zero attached hydrogens (tertiary/aromatic N) is 2. The Morgan fingerprint density at radius 1 is 1.42 bits per heavy atom. The number of hydrogen-bond acceptors (Lipinski definition) is 6. The molecule has 0 saturated carbocycles. The number of hydrogen-bond donors (Lipinski definition) is 2. The summed E-state index contributed by atoms with van der Waals surface area (Å²) in [7, 11) is -0.373. The average Bonchev–Trinajstić information content (AvgIpc) is 2.30. The van der Waals surface area contributed by atoms with Crippen molar-refractivity contribution < 1.29 is 13.3 Å². The molecule has 0 atom stereocenters. The van der Waals surface area contributed by atoms with Gasteiger partial charge in [0.2, 0.25) is 10.0 Å². The second-order valence-corrected chi connectivity index (χ2v) is 6.36. The number of rotatable bonds is 6. The van der Waals surface area contributed by atoms with Gasteiger partial charge in [0.05, 0.1) is 22.1 Å². The van der Waals surface area contributed by atoms with Gasteiger partial charge in [-0.15, -0.1) is 0 Å². The van der Waals surface area contributed by atoms with Crippen LogP contribution in [0, 0.1) is 10.1 Å². The highest BCUT2D eigenvalue weighted by Gasteiger charge is 2.13. The minimum atomic E-state index is -3.28. The third-order valence-electron chi connectivity index (χ3n) is 2.48. The smallest absolute Gasteiger partial charge is 0.271 e. The summed E-state index contributed by atoms with van der Waals surface area (Å²) in [6, 6.07) is 3.98. The van der Waals surface area contributed by atoms with Crippen LogP contribution in [0.3, 0.4) is 0 Å². The second kappa shape index (κ2) is 5.85. The number of non-ortho nitro benzene ring substituents is 1. The summed E-state index contributed by atoms with van der Waals surface area (Å²) < 4.78 is 24.2. The molecule has 106 valence electrons. The van der Waals surface area contributed by atoms with Crippen molar-refractivity contribution in [3.8, 4) is 0 Å². The molecule has 0 fully saturated rings.